The van der Waals surface area contributed by atoms with Gasteiger partial charge >= 0.3 is 0 Å². The Morgan fingerprint density at radius 2 is 1.67 bits per heavy atom. The van der Waals surface area contributed by atoms with Crippen LogP contribution >= 0.6 is 11.3 Å². The van der Waals surface area contributed by atoms with Gasteiger partial charge in [0.25, 0.3) is 0 Å². The normalized spacial score (nSPS) is 13.9. The minimum Gasteiger partial charge on any atom is -0.392 e. The van der Waals surface area contributed by atoms with Crippen LogP contribution < -0.4 is 11.1 Å². The maximum Gasteiger partial charge on any atom is 0.246 e. The average Bonchev–Trinajstić information content (AvgIpc) is 3.53. The monoisotopic (exact) mass is 606 g/mol. The van der Waals surface area contributed by atoms with E-state index in [1.807, 2.05) is 73.8 Å². The Bertz CT molecular complexity index is 1380. The number of hydrogen-bond acceptors (Lipinski definition) is 6. The summed E-state index contributed by atoms with van der Waals surface area (Å²) in [7, 11) is 3.23. The summed E-state index contributed by atoms with van der Waals surface area (Å²) in [4.78, 5) is 44.9. The van der Waals surface area contributed by atoms with Gasteiger partial charge in [-0.2, -0.15) is 0 Å². The maximum atomic E-state index is 14.3. The number of nitrogens with one attached hydrogen (secondary N) is 1. The van der Waals surface area contributed by atoms with Crippen LogP contribution in [0.1, 0.15) is 50.5 Å². The van der Waals surface area contributed by atoms with Crippen LogP contribution in [-0.2, 0) is 27.2 Å². The second-order valence-electron chi connectivity index (χ2n) is 11.4. The molecule has 1 heterocycles. The number of aliphatic hydroxyl groups is 1. The molecular formula is C34H46N4O4S. The van der Waals surface area contributed by atoms with Crippen LogP contribution in [0.2, 0.25) is 0 Å². The summed E-state index contributed by atoms with van der Waals surface area (Å²) in [6, 6.07) is 16.2. The van der Waals surface area contributed by atoms with Crippen LogP contribution in [0.4, 0.5) is 0 Å². The summed E-state index contributed by atoms with van der Waals surface area (Å²) < 4.78 is 0. The largest absolute Gasteiger partial charge is 0.392 e. The van der Waals surface area contributed by atoms with Gasteiger partial charge in [0.05, 0.1) is 6.10 Å². The third kappa shape index (κ3) is 9.48. The summed E-state index contributed by atoms with van der Waals surface area (Å²) in [5, 5.41) is 16.6. The van der Waals surface area contributed by atoms with Gasteiger partial charge < -0.3 is 26.0 Å². The Kier molecular flexibility index (Phi) is 12.5. The van der Waals surface area contributed by atoms with Crippen molar-refractivity contribution in [2.75, 3.05) is 20.6 Å². The van der Waals surface area contributed by atoms with Crippen molar-refractivity contribution in [3.8, 4) is 0 Å². The predicted molar refractivity (Wildman–Crippen MR) is 175 cm³/mol. The Balaban J connectivity index is 1.93. The molecule has 3 amide bonds. The van der Waals surface area contributed by atoms with Crippen molar-refractivity contribution in [3.63, 3.8) is 0 Å². The molecule has 0 aliphatic rings. The molecule has 3 atom stereocenters. The van der Waals surface area contributed by atoms with Crippen LogP contribution in [0.25, 0.3) is 10.8 Å². The summed E-state index contributed by atoms with van der Waals surface area (Å²) in [5.41, 5.74) is 6.94. The van der Waals surface area contributed by atoms with Crippen molar-refractivity contribution in [3.05, 3.63) is 82.6 Å². The molecule has 3 rings (SSSR count). The second kappa shape index (κ2) is 15.8. The molecule has 0 radical (unpaired) electrons. The molecule has 0 unspecified atom stereocenters. The van der Waals surface area contributed by atoms with E-state index >= 15 is 0 Å². The molecule has 43 heavy (non-hydrogen) atoms. The smallest absolute Gasteiger partial charge is 0.246 e. The fourth-order valence-electron chi connectivity index (χ4n) is 4.96. The highest BCUT2D eigenvalue weighted by molar-refractivity contribution is 7.09. The Hall–Kier alpha value is -3.53. The average molecular weight is 607 g/mol. The third-order valence-electron chi connectivity index (χ3n) is 8.20. The molecule has 1 aromatic heterocycles. The van der Waals surface area contributed by atoms with Gasteiger partial charge in [-0.25, -0.2) is 0 Å². The number of thiophene rings is 1. The zero-order chi connectivity index (χ0) is 31.6. The molecule has 232 valence electrons. The van der Waals surface area contributed by atoms with Gasteiger partial charge in [-0.15, -0.1) is 11.3 Å². The number of rotatable bonds is 15. The fourth-order valence-corrected chi connectivity index (χ4v) is 5.71. The van der Waals surface area contributed by atoms with Crippen molar-refractivity contribution >= 4 is 39.8 Å². The number of likely N-dealkylation sites (N-methyl/N-ethyl adjacent to an activating group) is 2. The first-order valence-corrected chi connectivity index (χ1v) is 15.8. The van der Waals surface area contributed by atoms with Crippen LogP contribution in [0.15, 0.2) is 72.1 Å². The molecule has 9 heteroatoms. The van der Waals surface area contributed by atoms with Crippen LogP contribution in [-0.4, -0.2) is 77.0 Å². The predicted octanol–water partition coefficient (Wildman–Crippen LogP) is 4.30. The van der Waals surface area contributed by atoms with E-state index in [0.29, 0.717) is 12.8 Å². The quantitative estimate of drug-likeness (QED) is 0.223. The first kappa shape index (κ1) is 34.0. The lowest BCUT2D eigenvalue weighted by Gasteiger charge is -2.34. The number of carbonyl (C=O) groups excluding carboxylic acids is 3. The van der Waals surface area contributed by atoms with Crippen molar-refractivity contribution < 1.29 is 19.5 Å². The molecule has 8 nitrogen and oxygen atoms in total. The number of hydrogen-bond donors (Lipinski definition) is 3. The molecule has 4 N–H and O–H groups in total. The fraction of sp³-hybridized carbons (Fsp3) is 0.441. The molecule has 3 aromatic rings. The number of nitrogens with zero attached hydrogens (tertiary/aromatic N) is 2. The molecule has 0 bridgehead atoms. The molecule has 0 saturated carbocycles. The Morgan fingerprint density at radius 3 is 2.30 bits per heavy atom. The van der Waals surface area contributed by atoms with E-state index in [1.165, 1.54) is 27.2 Å². The summed E-state index contributed by atoms with van der Waals surface area (Å²) in [6.45, 7) is 5.73. The van der Waals surface area contributed by atoms with Crippen LogP contribution in [0, 0.1) is 0 Å². The van der Waals surface area contributed by atoms with Gasteiger partial charge in [-0.05, 0) is 60.0 Å². The van der Waals surface area contributed by atoms with Gasteiger partial charge in [-0.1, -0.05) is 68.5 Å². The molecule has 2 aromatic carbocycles. The Labute approximate surface area is 259 Å². The van der Waals surface area contributed by atoms with Crippen LogP contribution in [0.5, 0.6) is 0 Å². The first-order chi connectivity index (χ1) is 20.5. The van der Waals surface area contributed by atoms with Gasteiger partial charge in [0.15, 0.2) is 0 Å². The highest BCUT2D eigenvalue weighted by atomic mass is 32.1. The minimum atomic E-state index is -0.862. The number of aliphatic hydroxyl groups excluding tert-OH is 1. The topological polar surface area (TPSA) is 116 Å². The lowest BCUT2D eigenvalue weighted by Crippen LogP contribution is -2.56. The second-order valence-corrected chi connectivity index (χ2v) is 12.4. The van der Waals surface area contributed by atoms with Crippen molar-refractivity contribution in [2.24, 2.45) is 5.73 Å². The van der Waals surface area contributed by atoms with Crippen molar-refractivity contribution in [1.29, 1.82) is 0 Å². The number of fused-ring (bicyclic) bond motifs is 1. The molecule has 0 saturated heterocycles. The summed E-state index contributed by atoms with van der Waals surface area (Å²) in [6.07, 6.45) is 5.27. The van der Waals surface area contributed by atoms with Crippen molar-refractivity contribution in [2.45, 2.75) is 76.6 Å². The van der Waals surface area contributed by atoms with Gasteiger partial charge in [0, 0.05) is 43.9 Å². The number of nitrogens with two attached hydrogens (primary N) is 1. The number of benzene rings is 2. The molecule has 0 fully saturated rings. The number of amides is 3. The van der Waals surface area contributed by atoms with Gasteiger partial charge in [0.2, 0.25) is 17.7 Å². The van der Waals surface area contributed by atoms with E-state index < -0.39 is 18.2 Å². The summed E-state index contributed by atoms with van der Waals surface area (Å²) >= 11 is 1.51. The van der Waals surface area contributed by atoms with Gasteiger partial charge in [0.1, 0.15) is 12.1 Å². The van der Waals surface area contributed by atoms with E-state index in [-0.39, 0.29) is 36.2 Å². The lowest BCUT2D eigenvalue weighted by molar-refractivity contribution is -0.146. The summed E-state index contributed by atoms with van der Waals surface area (Å²) in [5.74, 6) is -1.01. The lowest BCUT2D eigenvalue weighted by atomic mass is 9.90. The minimum absolute atomic E-state index is 0.0731. The molecule has 0 aliphatic carbocycles. The molecule has 0 aliphatic heterocycles. The molecule has 0 spiro atoms. The van der Waals surface area contributed by atoms with E-state index in [1.54, 1.807) is 27.1 Å². The van der Waals surface area contributed by atoms with E-state index in [4.69, 9.17) is 5.73 Å². The third-order valence-corrected chi connectivity index (χ3v) is 9.10. The van der Waals surface area contributed by atoms with E-state index in [2.05, 4.69) is 5.32 Å². The molecular weight excluding hydrogens is 560 g/mol. The van der Waals surface area contributed by atoms with Crippen molar-refractivity contribution in [1.82, 2.24) is 15.1 Å². The highest BCUT2D eigenvalue weighted by Gasteiger charge is 2.35. The van der Waals surface area contributed by atoms with Gasteiger partial charge in [-0.3, -0.25) is 14.4 Å². The Morgan fingerprint density at radius 1 is 0.977 bits per heavy atom. The van der Waals surface area contributed by atoms with E-state index in [0.717, 1.165) is 34.1 Å². The first-order valence-electron chi connectivity index (χ1n) is 14.9. The highest BCUT2D eigenvalue weighted by Crippen LogP contribution is 2.21. The zero-order valence-electron chi connectivity index (χ0n) is 26.0. The maximum absolute atomic E-state index is 14.3. The zero-order valence-corrected chi connectivity index (χ0v) is 26.8. The SMILES string of the molecule is CCC(N)(CC)C/C=C/C(=O)N(C)[C@H](Cc1ccc2ccccc2c1)C(=O)N(C)[C@H](Cc1cccs1)C(=O)NC[C@@H](C)O. The number of carbonyl (C=O) groups is 3. The van der Waals surface area contributed by atoms with E-state index in [9.17, 15) is 19.5 Å². The standard InChI is InChI=1S/C34H46N4O4S/c1-6-34(35,7-2)18-10-15-31(40)37(4)30(21-25-16-17-26-12-8-9-13-27(26)20-25)33(42)38(5)29(22-28-14-11-19-43-28)32(41)36-23-24(3)39/h8-17,19-20,24,29-30,39H,6-7,18,21-23,35H2,1-5H3,(H,36,41)/b15-10+/t24-,29-,30-/m1/s1. The van der Waals surface area contributed by atoms with Crippen LogP contribution in [0.3, 0.4) is 0 Å².